The summed E-state index contributed by atoms with van der Waals surface area (Å²) < 4.78 is 0. The Hall–Kier alpha value is -1.24. The first-order valence-corrected chi connectivity index (χ1v) is 4.05. The van der Waals surface area contributed by atoms with Gasteiger partial charge in [0.25, 0.3) is 6.04 Å². The summed E-state index contributed by atoms with van der Waals surface area (Å²) in [6, 6.07) is 0.150. The quantitative estimate of drug-likeness (QED) is 0.574. The van der Waals surface area contributed by atoms with Gasteiger partial charge in [0, 0.05) is 6.04 Å². The van der Waals surface area contributed by atoms with Crippen LogP contribution >= 0.6 is 0 Å². The van der Waals surface area contributed by atoms with Crippen molar-refractivity contribution in [3.63, 3.8) is 0 Å². The summed E-state index contributed by atoms with van der Waals surface area (Å²) >= 11 is 0. The van der Waals surface area contributed by atoms with Crippen molar-refractivity contribution in [1.82, 2.24) is 10.2 Å². The van der Waals surface area contributed by atoms with E-state index in [1.165, 1.54) is 0 Å². The number of urea groups is 1. The van der Waals surface area contributed by atoms with Gasteiger partial charge in [-0.05, 0) is 13.8 Å². The summed E-state index contributed by atoms with van der Waals surface area (Å²) in [5.41, 5.74) is 0. The first-order chi connectivity index (χ1) is 5.63. The van der Waals surface area contributed by atoms with Gasteiger partial charge < -0.3 is 15.1 Å². The zero-order chi connectivity index (χ0) is 9.14. The minimum Gasteiger partial charge on any atom is -0.336 e. The summed E-state index contributed by atoms with van der Waals surface area (Å²) in [7, 11) is 0. The van der Waals surface area contributed by atoms with Gasteiger partial charge >= 0.3 is 6.03 Å². The average Bonchev–Trinajstić information content (AvgIpc) is 1.82. The molecule has 0 bridgehead atoms. The second-order valence-corrected chi connectivity index (χ2v) is 3.29. The van der Waals surface area contributed by atoms with Gasteiger partial charge in [-0.25, -0.2) is 11.4 Å². The molecule has 1 heterocycles. The van der Waals surface area contributed by atoms with E-state index in [1.54, 1.807) is 4.90 Å². The predicted octanol–water partition coefficient (Wildman–Crippen LogP) is 0.708. The minimum atomic E-state index is -0.0510. The van der Waals surface area contributed by atoms with Crippen LogP contribution in [0.1, 0.15) is 13.8 Å². The SMILES string of the molecule is [C-]#[N+]C1CN(C(=O)NC(C)C)C1. The Morgan fingerprint density at radius 2 is 2.25 bits per heavy atom. The molecule has 1 aliphatic rings. The van der Waals surface area contributed by atoms with Crippen LogP contribution in [-0.4, -0.2) is 36.1 Å². The maximum atomic E-state index is 11.2. The van der Waals surface area contributed by atoms with E-state index in [9.17, 15) is 4.79 Å². The Labute approximate surface area is 72.4 Å². The van der Waals surface area contributed by atoms with Crippen LogP contribution in [0.5, 0.6) is 0 Å². The fraction of sp³-hybridized carbons (Fsp3) is 0.750. The molecular weight excluding hydrogens is 154 g/mol. The summed E-state index contributed by atoms with van der Waals surface area (Å²) in [5.74, 6) is 0. The van der Waals surface area contributed by atoms with Gasteiger partial charge in [0.05, 0.1) is 13.1 Å². The van der Waals surface area contributed by atoms with Gasteiger partial charge in [0.15, 0.2) is 0 Å². The number of hydrogen-bond acceptors (Lipinski definition) is 1. The summed E-state index contributed by atoms with van der Waals surface area (Å²) in [6.45, 7) is 11.7. The molecule has 4 nitrogen and oxygen atoms in total. The van der Waals surface area contributed by atoms with Crippen molar-refractivity contribution in [2.24, 2.45) is 0 Å². The van der Waals surface area contributed by atoms with Gasteiger partial charge in [0.2, 0.25) is 0 Å². The topological polar surface area (TPSA) is 36.7 Å². The monoisotopic (exact) mass is 167 g/mol. The van der Waals surface area contributed by atoms with Crippen LogP contribution in [0.3, 0.4) is 0 Å². The van der Waals surface area contributed by atoms with Gasteiger partial charge in [-0.15, -0.1) is 0 Å². The van der Waals surface area contributed by atoms with Gasteiger partial charge in [-0.3, -0.25) is 0 Å². The predicted molar refractivity (Wildman–Crippen MR) is 45.6 cm³/mol. The second-order valence-electron chi connectivity index (χ2n) is 3.29. The lowest BCUT2D eigenvalue weighted by atomic mass is 10.1. The largest absolute Gasteiger partial charge is 0.336 e. The Morgan fingerprint density at radius 3 is 2.67 bits per heavy atom. The number of hydrogen-bond donors (Lipinski definition) is 1. The van der Waals surface area contributed by atoms with Crippen molar-refractivity contribution in [3.05, 3.63) is 11.4 Å². The van der Waals surface area contributed by atoms with Crippen molar-refractivity contribution in [3.8, 4) is 0 Å². The van der Waals surface area contributed by atoms with E-state index in [-0.39, 0.29) is 18.1 Å². The van der Waals surface area contributed by atoms with Gasteiger partial charge in [0.1, 0.15) is 0 Å². The molecule has 0 aliphatic carbocycles. The Balaban J connectivity index is 2.25. The molecule has 66 valence electrons. The number of nitrogens with one attached hydrogen (secondary N) is 1. The number of amides is 2. The van der Waals surface area contributed by atoms with Crippen molar-refractivity contribution in [1.29, 1.82) is 0 Å². The van der Waals surface area contributed by atoms with Crippen LogP contribution in [0.25, 0.3) is 4.85 Å². The van der Waals surface area contributed by atoms with Crippen molar-refractivity contribution < 1.29 is 4.79 Å². The lowest BCUT2D eigenvalue weighted by Crippen LogP contribution is -2.56. The highest BCUT2D eigenvalue weighted by atomic mass is 16.2. The molecule has 1 fully saturated rings. The third-order valence-corrected chi connectivity index (χ3v) is 1.74. The molecule has 2 amide bonds. The molecule has 0 unspecified atom stereocenters. The molecule has 0 atom stereocenters. The highest BCUT2D eigenvalue weighted by Gasteiger charge is 2.34. The van der Waals surface area contributed by atoms with Crippen LogP contribution in [0.15, 0.2) is 0 Å². The number of likely N-dealkylation sites (tertiary alicyclic amines) is 1. The van der Waals surface area contributed by atoms with Crippen LogP contribution < -0.4 is 5.32 Å². The molecule has 0 aromatic rings. The standard InChI is InChI=1S/C8H13N3O/c1-6(2)10-8(12)11-4-7(5-11)9-3/h6-7H,4-5H2,1-2H3,(H,10,12). The summed E-state index contributed by atoms with van der Waals surface area (Å²) in [4.78, 5) is 16.2. The minimum absolute atomic E-state index is 0.0305. The molecule has 0 aromatic heterocycles. The molecular formula is C8H13N3O. The van der Waals surface area contributed by atoms with Crippen molar-refractivity contribution in [2.45, 2.75) is 25.9 Å². The smallest absolute Gasteiger partial charge is 0.318 e. The zero-order valence-corrected chi connectivity index (χ0v) is 7.37. The zero-order valence-electron chi connectivity index (χ0n) is 7.37. The highest BCUT2D eigenvalue weighted by molar-refractivity contribution is 5.75. The number of nitrogens with zero attached hydrogens (tertiary/aromatic N) is 2. The van der Waals surface area contributed by atoms with E-state index in [1.807, 2.05) is 13.8 Å². The second kappa shape index (κ2) is 3.44. The van der Waals surface area contributed by atoms with Crippen molar-refractivity contribution >= 4 is 6.03 Å². The van der Waals surface area contributed by atoms with Gasteiger partial charge in [-0.2, -0.15) is 0 Å². The fourth-order valence-corrected chi connectivity index (χ4v) is 1.04. The molecule has 1 N–H and O–H groups in total. The van der Waals surface area contributed by atoms with E-state index in [0.717, 1.165) is 0 Å². The molecule has 1 saturated heterocycles. The Morgan fingerprint density at radius 1 is 1.67 bits per heavy atom. The third kappa shape index (κ3) is 1.88. The van der Waals surface area contributed by atoms with Gasteiger partial charge in [-0.1, -0.05) is 0 Å². The maximum absolute atomic E-state index is 11.2. The molecule has 0 saturated carbocycles. The van der Waals surface area contributed by atoms with E-state index < -0.39 is 0 Å². The maximum Gasteiger partial charge on any atom is 0.318 e. The summed E-state index contributed by atoms with van der Waals surface area (Å²) in [6.07, 6.45) is 0. The number of rotatable bonds is 1. The van der Waals surface area contributed by atoms with E-state index >= 15 is 0 Å². The van der Waals surface area contributed by atoms with Crippen LogP contribution in [0, 0.1) is 6.57 Å². The molecule has 4 heteroatoms. The van der Waals surface area contributed by atoms with Crippen molar-refractivity contribution in [2.75, 3.05) is 13.1 Å². The summed E-state index contributed by atoms with van der Waals surface area (Å²) in [5, 5.41) is 2.77. The van der Waals surface area contributed by atoms with Crippen LogP contribution in [0.2, 0.25) is 0 Å². The lowest BCUT2D eigenvalue weighted by molar-refractivity contribution is 0.160. The molecule has 0 radical (unpaired) electrons. The normalized spacial score (nSPS) is 17.0. The average molecular weight is 167 g/mol. The first-order valence-electron chi connectivity index (χ1n) is 4.05. The molecule has 1 aliphatic heterocycles. The lowest BCUT2D eigenvalue weighted by Gasteiger charge is -2.32. The van der Waals surface area contributed by atoms with E-state index in [0.29, 0.717) is 13.1 Å². The molecule has 0 aromatic carbocycles. The van der Waals surface area contributed by atoms with Crippen LogP contribution in [0.4, 0.5) is 4.79 Å². The number of carbonyl (C=O) groups is 1. The van der Waals surface area contributed by atoms with Crippen LogP contribution in [-0.2, 0) is 0 Å². The third-order valence-electron chi connectivity index (χ3n) is 1.74. The first kappa shape index (κ1) is 8.85. The number of carbonyl (C=O) groups excluding carboxylic acids is 1. The fourth-order valence-electron chi connectivity index (χ4n) is 1.04. The highest BCUT2D eigenvalue weighted by Crippen LogP contribution is 2.10. The Kier molecular flexibility index (Phi) is 2.54. The molecule has 0 spiro atoms. The molecule has 12 heavy (non-hydrogen) atoms. The Bertz CT molecular complexity index is 213. The van der Waals surface area contributed by atoms with E-state index in [4.69, 9.17) is 6.57 Å². The molecule has 1 rings (SSSR count). The van der Waals surface area contributed by atoms with E-state index in [2.05, 4.69) is 10.2 Å².